The lowest BCUT2D eigenvalue weighted by Gasteiger charge is -2.29. The predicted octanol–water partition coefficient (Wildman–Crippen LogP) is 4.38. The molecule has 184 valence electrons. The maximum Gasteiger partial charge on any atom is 0.130 e. The summed E-state index contributed by atoms with van der Waals surface area (Å²) in [5.74, 6) is 0. The number of rotatable bonds is 23. The van der Waals surface area contributed by atoms with Gasteiger partial charge in [-0.25, -0.2) is 0 Å². The predicted molar refractivity (Wildman–Crippen MR) is 129 cm³/mol. The minimum Gasteiger partial charge on any atom is -1.00 e. The molecule has 0 spiro atoms. The zero-order valence-electron chi connectivity index (χ0n) is 21.4. The molecule has 0 aliphatic carbocycles. The second-order valence-corrected chi connectivity index (χ2v) is 9.99. The van der Waals surface area contributed by atoms with E-state index in [1.807, 2.05) is 0 Å². The van der Waals surface area contributed by atoms with Crippen LogP contribution in [0.1, 0.15) is 117 Å². The molecule has 3 nitrogen and oxygen atoms in total. The van der Waals surface area contributed by atoms with Gasteiger partial charge >= 0.3 is 0 Å². The van der Waals surface area contributed by atoms with Gasteiger partial charge in [-0.2, -0.15) is 0 Å². The smallest absolute Gasteiger partial charge is 0.130 e. The molecule has 0 amide bonds. The molecular weight excluding hydrogens is 394 g/mol. The standard InChI is InChI=1S/C26H56NO2.ClH/c1-6-8-10-12-14-16-18-20-22-28-25-26(24-27(3,4)5)29-23-21-19-17-15-13-11-9-7-2;/h26H,6-25H2,1-5H3;1H/q+1;/p-1. The number of quaternary nitrogens is 1. The summed E-state index contributed by atoms with van der Waals surface area (Å²) in [4.78, 5) is 0. The number of unbranched alkanes of at least 4 members (excludes halogenated alkanes) is 14. The van der Waals surface area contributed by atoms with Crippen LogP contribution >= 0.6 is 0 Å². The van der Waals surface area contributed by atoms with Gasteiger partial charge < -0.3 is 26.4 Å². The number of likely N-dealkylation sites (N-methyl/N-ethyl adjacent to an activating group) is 1. The maximum atomic E-state index is 6.21. The first kappa shape index (κ1) is 32.4. The fourth-order valence-corrected chi connectivity index (χ4v) is 3.80. The maximum absolute atomic E-state index is 6.21. The molecule has 0 saturated carbocycles. The van der Waals surface area contributed by atoms with E-state index < -0.39 is 0 Å². The Labute approximate surface area is 196 Å². The first-order valence-electron chi connectivity index (χ1n) is 13.0. The van der Waals surface area contributed by atoms with Gasteiger partial charge in [0, 0.05) is 13.2 Å². The molecule has 0 aliphatic rings. The van der Waals surface area contributed by atoms with Crippen LogP contribution in [0, 0.1) is 0 Å². The molecule has 0 radical (unpaired) electrons. The highest BCUT2D eigenvalue weighted by atomic mass is 35.5. The van der Waals surface area contributed by atoms with Crippen LogP contribution in [0.3, 0.4) is 0 Å². The van der Waals surface area contributed by atoms with Crippen LogP contribution < -0.4 is 12.4 Å². The highest BCUT2D eigenvalue weighted by molar-refractivity contribution is 4.57. The summed E-state index contributed by atoms with van der Waals surface area (Å²) in [6, 6.07) is 0. The van der Waals surface area contributed by atoms with E-state index in [4.69, 9.17) is 9.47 Å². The minimum atomic E-state index is 0. The van der Waals surface area contributed by atoms with E-state index in [9.17, 15) is 0 Å². The summed E-state index contributed by atoms with van der Waals surface area (Å²) in [7, 11) is 6.72. The van der Waals surface area contributed by atoms with Gasteiger partial charge in [0.25, 0.3) is 0 Å². The van der Waals surface area contributed by atoms with E-state index in [0.29, 0.717) is 0 Å². The van der Waals surface area contributed by atoms with Crippen molar-refractivity contribution in [1.82, 2.24) is 0 Å². The number of nitrogens with zero attached hydrogens (tertiary/aromatic N) is 1. The molecule has 0 bridgehead atoms. The van der Waals surface area contributed by atoms with Crippen LogP contribution in [0.2, 0.25) is 0 Å². The van der Waals surface area contributed by atoms with Crippen LogP contribution in [0.25, 0.3) is 0 Å². The fraction of sp³-hybridized carbons (Fsp3) is 1.00. The molecule has 0 aromatic heterocycles. The Morgan fingerprint density at radius 3 is 1.40 bits per heavy atom. The van der Waals surface area contributed by atoms with Crippen molar-refractivity contribution in [2.75, 3.05) is 47.5 Å². The highest BCUT2D eigenvalue weighted by Crippen LogP contribution is 2.11. The lowest BCUT2D eigenvalue weighted by molar-refractivity contribution is -0.873. The molecule has 0 N–H and O–H groups in total. The Balaban J connectivity index is 0. The molecule has 4 heteroatoms. The summed E-state index contributed by atoms with van der Waals surface area (Å²) in [5, 5.41) is 0. The lowest BCUT2D eigenvalue weighted by atomic mass is 10.1. The monoisotopic (exact) mass is 449 g/mol. The molecule has 1 atom stereocenters. The number of hydrogen-bond acceptors (Lipinski definition) is 2. The molecular formula is C26H56ClNO2. The van der Waals surface area contributed by atoms with Gasteiger partial charge in [0.1, 0.15) is 12.6 Å². The van der Waals surface area contributed by atoms with Crippen molar-refractivity contribution in [2.45, 2.75) is 123 Å². The average molecular weight is 450 g/mol. The van der Waals surface area contributed by atoms with Gasteiger partial charge in [0.05, 0.1) is 27.7 Å². The SMILES string of the molecule is CCCCCCCCCCOCC(C[N+](C)(C)C)OCCCCCCCCCC.[Cl-]. The summed E-state index contributed by atoms with van der Waals surface area (Å²) in [6.45, 7) is 8.12. The molecule has 0 aromatic rings. The van der Waals surface area contributed by atoms with Crippen LogP contribution in [-0.2, 0) is 9.47 Å². The third-order valence-corrected chi connectivity index (χ3v) is 5.55. The Morgan fingerprint density at radius 1 is 0.567 bits per heavy atom. The molecule has 1 unspecified atom stereocenters. The van der Waals surface area contributed by atoms with E-state index in [-0.39, 0.29) is 18.5 Å². The normalized spacial score (nSPS) is 12.7. The van der Waals surface area contributed by atoms with Gasteiger partial charge in [-0.15, -0.1) is 0 Å². The molecule has 0 fully saturated rings. The molecule has 0 saturated heterocycles. The van der Waals surface area contributed by atoms with E-state index >= 15 is 0 Å². The van der Waals surface area contributed by atoms with Crippen molar-refractivity contribution in [3.63, 3.8) is 0 Å². The Kier molecular flexibility index (Phi) is 25.7. The zero-order chi connectivity index (χ0) is 21.6. The summed E-state index contributed by atoms with van der Waals surface area (Å²) < 4.78 is 13.1. The van der Waals surface area contributed by atoms with Crippen LogP contribution in [0.4, 0.5) is 0 Å². The lowest BCUT2D eigenvalue weighted by Crippen LogP contribution is -3.00. The first-order chi connectivity index (χ1) is 14.0. The Bertz CT molecular complexity index is 321. The van der Waals surface area contributed by atoms with Crippen molar-refractivity contribution >= 4 is 0 Å². The average Bonchev–Trinajstić information content (AvgIpc) is 2.66. The second-order valence-electron chi connectivity index (χ2n) is 9.99. The topological polar surface area (TPSA) is 18.5 Å². The third-order valence-electron chi connectivity index (χ3n) is 5.55. The van der Waals surface area contributed by atoms with Crippen LogP contribution in [0.15, 0.2) is 0 Å². The van der Waals surface area contributed by atoms with Gasteiger partial charge in [0.2, 0.25) is 0 Å². The summed E-state index contributed by atoms with van der Waals surface area (Å²) in [6.07, 6.45) is 21.9. The van der Waals surface area contributed by atoms with Crippen molar-refractivity contribution < 1.29 is 26.4 Å². The van der Waals surface area contributed by atoms with Gasteiger partial charge in [-0.05, 0) is 12.8 Å². The largest absolute Gasteiger partial charge is 1.00 e. The van der Waals surface area contributed by atoms with E-state index in [0.717, 1.165) is 30.8 Å². The van der Waals surface area contributed by atoms with Crippen molar-refractivity contribution in [2.24, 2.45) is 0 Å². The van der Waals surface area contributed by atoms with Crippen molar-refractivity contribution in [3.8, 4) is 0 Å². The van der Waals surface area contributed by atoms with Crippen molar-refractivity contribution in [3.05, 3.63) is 0 Å². The number of ether oxygens (including phenoxy) is 2. The van der Waals surface area contributed by atoms with Gasteiger partial charge in [-0.3, -0.25) is 0 Å². The molecule has 0 aliphatic heterocycles. The Morgan fingerprint density at radius 2 is 0.967 bits per heavy atom. The third kappa shape index (κ3) is 26.2. The minimum absolute atomic E-state index is 0. The summed E-state index contributed by atoms with van der Waals surface area (Å²) in [5.41, 5.74) is 0. The van der Waals surface area contributed by atoms with Crippen LogP contribution in [-0.4, -0.2) is 58.1 Å². The zero-order valence-corrected chi connectivity index (χ0v) is 22.1. The highest BCUT2D eigenvalue weighted by Gasteiger charge is 2.18. The van der Waals surface area contributed by atoms with E-state index in [1.54, 1.807) is 0 Å². The molecule has 0 heterocycles. The summed E-state index contributed by atoms with van der Waals surface area (Å²) >= 11 is 0. The van der Waals surface area contributed by atoms with E-state index in [1.165, 1.54) is 103 Å². The Hall–Kier alpha value is 0.170. The van der Waals surface area contributed by atoms with Crippen molar-refractivity contribution in [1.29, 1.82) is 0 Å². The first-order valence-corrected chi connectivity index (χ1v) is 13.0. The molecule has 0 rings (SSSR count). The number of halogens is 1. The van der Waals surface area contributed by atoms with Crippen LogP contribution in [0.5, 0.6) is 0 Å². The fourth-order valence-electron chi connectivity index (χ4n) is 3.80. The second kappa shape index (κ2) is 23.8. The van der Waals surface area contributed by atoms with E-state index in [2.05, 4.69) is 35.0 Å². The molecule has 30 heavy (non-hydrogen) atoms. The molecule has 0 aromatic carbocycles. The van der Waals surface area contributed by atoms with Gasteiger partial charge in [0.15, 0.2) is 0 Å². The quantitative estimate of drug-likeness (QED) is 0.170. The van der Waals surface area contributed by atoms with Gasteiger partial charge in [-0.1, -0.05) is 104 Å². The number of hydrogen-bond donors (Lipinski definition) is 0.